The molecule has 1 aromatic heterocycles. The van der Waals surface area contributed by atoms with Gasteiger partial charge in [-0.05, 0) is 24.6 Å². The van der Waals surface area contributed by atoms with Crippen LogP contribution >= 0.6 is 11.6 Å². The molecule has 0 radical (unpaired) electrons. The van der Waals surface area contributed by atoms with Gasteiger partial charge in [0.1, 0.15) is 5.82 Å². The normalized spacial score (nSPS) is 12.7. The predicted octanol–water partition coefficient (Wildman–Crippen LogP) is 2.73. The highest BCUT2D eigenvalue weighted by Crippen LogP contribution is 2.21. The van der Waals surface area contributed by atoms with Gasteiger partial charge in [-0.2, -0.15) is 0 Å². The zero-order valence-electron chi connectivity index (χ0n) is 8.39. The number of rotatable bonds is 2. The van der Waals surface area contributed by atoms with Gasteiger partial charge in [0.25, 0.3) is 0 Å². The number of nitrogens with zero attached hydrogens (tertiary/aromatic N) is 2. The van der Waals surface area contributed by atoms with Gasteiger partial charge in [-0.15, -0.1) is 0 Å². The number of nitrogens with two attached hydrogens (primary N) is 1. The number of nitrogen functional groups attached to an aromatic ring is 1. The Morgan fingerprint density at radius 2 is 2.00 bits per heavy atom. The summed E-state index contributed by atoms with van der Waals surface area (Å²) >= 11 is 5.83. The van der Waals surface area contributed by atoms with E-state index in [0.29, 0.717) is 5.82 Å². The van der Waals surface area contributed by atoms with E-state index >= 15 is 0 Å². The first-order valence-corrected chi connectivity index (χ1v) is 5.09. The number of hydrogen-bond donors (Lipinski definition) is 1. The van der Waals surface area contributed by atoms with E-state index < -0.39 is 0 Å². The molecule has 0 amide bonds. The molecule has 0 fully saturated rings. The van der Waals surface area contributed by atoms with Gasteiger partial charge in [-0.3, -0.25) is 0 Å². The summed E-state index contributed by atoms with van der Waals surface area (Å²) in [5, 5.41) is 0.740. The maximum Gasteiger partial charge on any atom is 0.123 e. The van der Waals surface area contributed by atoms with Gasteiger partial charge in [0.2, 0.25) is 0 Å². The van der Waals surface area contributed by atoms with Crippen LogP contribution in [0.25, 0.3) is 0 Å². The van der Waals surface area contributed by atoms with Crippen molar-refractivity contribution < 1.29 is 0 Å². The van der Waals surface area contributed by atoms with Gasteiger partial charge >= 0.3 is 0 Å². The molecule has 0 aliphatic heterocycles. The van der Waals surface area contributed by atoms with Crippen molar-refractivity contribution in [3.8, 4) is 0 Å². The lowest BCUT2D eigenvalue weighted by atomic mass is 10.1. The maximum atomic E-state index is 5.83. The maximum absolute atomic E-state index is 5.83. The van der Waals surface area contributed by atoms with Crippen LogP contribution in [0.4, 0.5) is 5.82 Å². The quantitative estimate of drug-likeness (QED) is 0.848. The largest absolute Gasteiger partial charge is 0.384 e. The highest BCUT2D eigenvalue weighted by atomic mass is 35.5. The fourth-order valence-corrected chi connectivity index (χ4v) is 1.67. The Bertz CT molecular complexity index is 447. The molecule has 0 aliphatic rings. The van der Waals surface area contributed by atoms with Crippen molar-refractivity contribution >= 4 is 17.4 Å². The second-order valence-electron chi connectivity index (χ2n) is 3.45. The minimum Gasteiger partial charge on any atom is -0.384 e. The van der Waals surface area contributed by atoms with Gasteiger partial charge in [0, 0.05) is 5.02 Å². The summed E-state index contributed by atoms with van der Waals surface area (Å²) in [6.45, 7) is 2.07. The highest BCUT2D eigenvalue weighted by molar-refractivity contribution is 6.30. The number of anilines is 1. The molecule has 1 aromatic carbocycles. The molecular weight excluding hydrogens is 210 g/mol. The minimum atomic E-state index is 0.171. The summed E-state index contributed by atoms with van der Waals surface area (Å²) in [5.74, 6) is 0.664. The third-order valence-corrected chi connectivity index (χ3v) is 2.72. The molecule has 0 saturated carbocycles. The SMILES string of the molecule is C[C@H](c1ccc(Cl)cc1)n1cncc1N. The van der Waals surface area contributed by atoms with Gasteiger partial charge in [-0.1, -0.05) is 23.7 Å². The average Bonchev–Trinajstić information content (AvgIpc) is 2.65. The molecule has 78 valence electrons. The van der Waals surface area contributed by atoms with Gasteiger partial charge < -0.3 is 10.3 Å². The van der Waals surface area contributed by atoms with Crippen molar-refractivity contribution in [2.45, 2.75) is 13.0 Å². The lowest BCUT2D eigenvalue weighted by molar-refractivity contribution is 0.647. The molecule has 2 N–H and O–H groups in total. The first-order chi connectivity index (χ1) is 7.18. The molecule has 15 heavy (non-hydrogen) atoms. The second kappa shape index (κ2) is 3.95. The monoisotopic (exact) mass is 221 g/mol. The van der Waals surface area contributed by atoms with Gasteiger partial charge in [0.05, 0.1) is 18.6 Å². The fraction of sp³-hybridized carbons (Fsp3) is 0.182. The van der Waals surface area contributed by atoms with Crippen LogP contribution in [0, 0.1) is 0 Å². The molecule has 0 bridgehead atoms. The van der Waals surface area contributed by atoms with E-state index in [2.05, 4.69) is 11.9 Å². The number of benzene rings is 1. The van der Waals surface area contributed by atoms with Crippen LogP contribution in [0.5, 0.6) is 0 Å². The van der Waals surface area contributed by atoms with E-state index in [0.717, 1.165) is 10.6 Å². The number of aromatic nitrogens is 2. The van der Waals surface area contributed by atoms with Crippen LogP contribution in [0.1, 0.15) is 18.5 Å². The molecule has 0 spiro atoms. The molecule has 0 unspecified atom stereocenters. The first-order valence-electron chi connectivity index (χ1n) is 4.71. The lowest BCUT2D eigenvalue weighted by Gasteiger charge is -2.15. The Morgan fingerprint density at radius 3 is 2.53 bits per heavy atom. The van der Waals surface area contributed by atoms with Crippen LogP contribution in [-0.2, 0) is 0 Å². The van der Waals surface area contributed by atoms with E-state index in [-0.39, 0.29) is 6.04 Å². The molecule has 2 rings (SSSR count). The average molecular weight is 222 g/mol. The minimum absolute atomic E-state index is 0.171. The smallest absolute Gasteiger partial charge is 0.123 e. The van der Waals surface area contributed by atoms with Crippen LogP contribution < -0.4 is 5.73 Å². The van der Waals surface area contributed by atoms with Gasteiger partial charge in [0.15, 0.2) is 0 Å². The molecule has 1 atom stereocenters. The van der Waals surface area contributed by atoms with Crippen molar-refractivity contribution in [1.29, 1.82) is 0 Å². The lowest BCUT2D eigenvalue weighted by Crippen LogP contribution is -2.08. The molecule has 4 heteroatoms. The Morgan fingerprint density at radius 1 is 1.33 bits per heavy atom. The second-order valence-corrected chi connectivity index (χ2v) is 3.89. The number of hydrogen-bond acceptors (Lipinski definition) is 2. The van der Waals surface area contributed by atoms with Crippen molar-refractivity contribution in [2.24, 2.45) is 0 Å². The van der Waals surface area contributed by atoms with Crippen molar-refractivity contribution in [2.75, 3.05) is 5.73 Å². The van der Waals surface area contributed by atoms with Crippen LogP contribution in [-0.4, -0.2) is 9.55 Å². The Labute approximate surface area is 93.5 Å². The molecule has 0 saturated heterocycles. The Balaban J connectivity index is 2.32. The predicted molar refractivity (Wildman–Crippen MR) is 61.9 cm³/mol. The van der Waals surface area contributed by atoms with E-state index in [1.807, 2.05) is 28.8 Å². The summed E-state index contributed by atoms with van der Waals surface area (Å²) in [5.41, 5.74) is 6.94. The third kappa shape index (κ3) is 1.97. The van der Waals surface area contributed by atoms with E-state index in [1.54, 1.807) is 12.5 Å². The van der Waals surface area contributed by atoms with E-state index in [9.17, 15) is 0 Å². The molecule has 3 nitrogen and oxygen atoms in total. The molecular formula is C11H12ClN3. The summed E-state index contributed by atoms with van der Waals surface area (Å²) in [4.78, 5) is 4.00. The standard InChI is InChI=1S/C11H12ClN3/c1-8(15-7-14-6-11(15)13)9-2-4-10(12)5-3-9/h2-8H,13H2,1H3/t8-/m1/s1. The molecule has 1 heterocycles. The molecule has 0 aliphatic carbocycles. The highest BCUT2D eigenvalue weighted by Gasteiger charge is 2.09. The van der Waals surface area contributed by atoms with Crippen LogP contribution in [0.15, 0.2) is 36.8 Å². The summed E-state index contributed by atoms with van der Waals surface area (Å²) in [7, 11) is 0. The Kier molecular flexibility index (Phi) is 2.64. The number of halogens is 1. The topological polar surface area (TPSA) is 43.8 Å². The summed E-state index contributed by atoms with van der Waals surface area (Å²) in [6, 6.07) is 7.91. The zero-order chi connectivity index (χ0) is 10.8. The fourth-order valence-electron chi connectivity index (χ4n) is 1.54. The van der Waals surface area contributed by atoms with Crippen molar-refractivity contribution in [1.82, 2.24) is 9.55 Å². The summed E-state index contributed by atoms with van der Waals surface area (Å²) in [6.07, 6.45) is 3.38. The van der Waals surface area contributed by atoms with E-state index in [4.69, 9.17) is 17.3 Å². The Hall–Kier alpha value is -1.48. The molecule has 2 aromatic rings. The van der Waals surface area contributed by atoms with Gasteiger partial charge in [-0.25, -0.2) is 4.98 Å². The third-order valence-electron chi connectivity index (χ3n) is 2.47. The van der Waals surface area contributed by atoms with Crippen molar-refractivity contribution in [3.63, 3.8) is 0 Å². The first kappa shape index (κ1) is 10.1. The number of imidazole rings is 1. The zero-order valence-corrected chi connectivity index (χ0v) is 9.15. The van der Waals surface area contributed by atoms with Crippen LogP contribution in [0.3, 0.4) is 0 Å². The summed E-state index contributed by atoms with van der Waals surface area (Å²) < 4.78 is 1.92. The van der Waals surface area contributed by atoms with E-state index in [1.165, 1.54) is 0 Å². The van der Waals surface area contributed by atoms with Crippen molar-refractivity contribution in [3.05, 3.63) is 47.4 Å². The van der Waals surface area contributed by atoms with Crippen LogP contribution in [0.2, 0.25) is 5.02 Å².